The molecule has 106 valence electrons. The van der Waals surface area contributed by atoms with Gasteiger partial charge in [0.25, 0.3) is 0 Å². The van der Waals surface area contributed by atoms with Crippen LogP contribution < -0.4 is 10.6 Å². The van der Waals surface area contributed by atoms with E-state index in [1.54, 1.807) is 11.3 Å². The van der Waals surface area contributed by atoms with Crippen molar-refractivity contribution in [2.24, 2.45) is 0 Å². The number of rotatable bonds is 7. The van der Waals surface area contributed by atoms with Gasteiger partial charge in [-0.25, -0.2) is 4.79 Å². The molecule has 1 aromatic heterocycles. The van der Waals surface area contributed by atoms with E-state index in [9.17, 15) is 4.79 Å². The quantitative estimate of drug-likeness (QED) is 0.751. The van der Waals surface area contributed by atoms with Gasteiger partial charge in [-0.15, -0.1) is 0 Å². The van der Waals surface area contributed by atoms with Crippen LogP contribution in [-0.2, 0) is 13.0 Å². The molecule has 0 aliphatic carbocycles. The minimum Gasteiger partial charge on any atom is -0.338 e. The van der Waals surface area contributed by atoms with E-state index in [0.717, 1.165) is 31.4 Å². The molecule has 0 aliphatic rings. The fourth-order valence-corrected chi connectivity index (χ4v) is 2.61. The summed E-state index contributed by atoms with van der Waals surface area (Å²) in [6, 6.07) is 12.4. The Bertz CT molecular complexity index is 496. The number of amides is 2. The van der Waals surface area contributed by atoms with E-state index in [0.29, 0.717) is 6.54 Å². The first-order chi connectivity index (χ1) is 9.84. The predicted molar refractivity (Wildman–Crippen MR) is 83.9 cm³/mol. The Morgan fingerprint density at radius 3 is 2.60 bits per heavy atom. The second-order valence-corrected chi connectivity index (χ2v) is 5.46. The van der Waals surface area contributed by atoms with Crippen LogP contribution in [0.4, 0.5) is 4.79 Å². The number of hydrogen-bond acceptors (Lipinski definition) is 2. The molecule has 0 fully saturated rings. The maximum Gasteiger partial charge on any atom is 0.315 e. The highest BCUT2D eigenvalue weighted by Crippen LogP contribution is 2.05. The van der Waals surface area contributed by atoms with Crippen LogP contribution in [0, 0.1) is 0 Å². The zero-order valence-corrected chi connectivity index (χ0v) is 12.3. The van der Waals surface area contributed by atoms with Crippen LogP contribution in [0.1, 0.15) is 24.0 Å². The first-order valence-electron chi connectivity index (χ1n) is 6.91. The van der Waals surface area contributed by atoms with Crippen molar-refractivity contribution in [1.82, 2.24) is 10.6 Å². The molecular formula is C16H20N2OS. The van der Waals surface area contributed by atoms with Crippen molar-refractivity contribution in [2.45, 2.75) is 25.8 Å². The van der Waals surface area contributed by atoms with Gasteiger partial charge in [-0.1, -0.05) is 30.3 Å². The van der Waals surface area contributed by atoms with Crippen LogP contribution in [0.3, 0.4) is 0 Å². The maximum atomic E-state index is 11.6. The van der Waals surface area contributed by atoms with Gasteiger partial charge >= 0.3 is 6.03 Å². The number of benzene rings is 1. The molecule has 0 radical (unpaired) electrons. The Labute approximate surface area is 124 Å². The summed E-state index contributed by atoms with van der Waals surface area (Å²) in [5, 5.41) is 9.79. The van der Waals surface area contributed by atoms with Gasteiger partial charge in [-0.3, -0.25) is 0 Å². The largest absolute Gasteiger partial charge is 0.338 e. The lowest BCUT2D eigenvalue weighted by atomic mass is 10.1. The third-order valence-corrected chi connectivity index (χ3v) is 3.79. The number of urea groups is 1. The SMILES string of the molecule is O=C(NCCCCc1ccccc1)NCc1ccsc1. The lowest BCUT2D eigenvalue weighted by Crippen LogP contribution is -2.35. The van der Waals surface area contributed by atoms with E-state index >= 15 is 0 Å². The monoisotopic (exact) mass is 288 g/mol. The molecule has 4 heteroatoms. The summed E-state index contributed by atoms with van der Waals surface area (Å²) in [6.07, 6.45) is 3.16. The van der Waals surface area contributed by atoms with E-state index in [4.69, 9.17) is 0 Å². The van der Waals surface area contributed by atoms with Crippen molar-refractivity contribution in [2.75, 3.05) is 6.54 Å². The van der Waals surface area contributed by atoms with Crippen molar-refractivity contribution >= 4 is 17.4 Å². The number of unbranched alkanes of at least 4 members (excludes halogenated alkanes) is 1. The maximum absolute atomic E-state index is 11.6. The van der Waals surface area contributed by atoms with Crippen LogP contribution in [0.5, 0.6) is 0 Å². The number of hydrogen-bond donors (Lipinski definition) is 2. The molecule has 0 saturated heterocycles. The summed E-state index contributed by atoms with van der Waals surface area (Å²) < 4.78 is 0. The van der Waals surface area contributed by atoms with Crippen LogP contribution in [0.25, 0.3) is 0 Å². The van der Waals surface area contributed by atoms with Gasteiger partial charge < -0.3 is 10.6 Å². The van der Waals surface area contributed by atoms with E-state index < -0.39 is 0 Å². The standard InChI is InChI=1S/C16H20N2OS/c19-16(18-12-15-9-11-20-13-15)17-10-5-4-8-14-6-2-1-3-7-14/h1-3,6-7,9,11,13H,4-5,8,10,12H2,(H2,17,18,19). The molecule has 3 nitrogen and oxygen atoms in total. The number of carbonyl (C=O) groups is 1. The topological polar surface area (TPSA) is 41.1 Å². The summed E-state index contributed by atoms with van der Waals surface area (Å²) in [4.78, 5) is 11.6. The normalized spacial score (nSPS) is 10.2. The Kier molecular flexibility index (Phi) is 6.11. The molecule has 0 spiro atoms. The predicted octanol–water partition coefficient (Wildman–Crippen LogP) is 3.57. The van der Waals surface area contributed by atoms with Crippen LogP contribution in [0.15, 0.2) is 47.2 Å². The van der Waals surface area contributed by atoms with Crippen LogP contribution in [0.2, 0.25) is 0 Å². The van der Waals surface area contributed by atoms with Crippen molar-refractivity contribution in [1.29, 1.82) is 0 Å². The minimum atomic E-state index is -0.0871. The van der Waals surface area contributed by atoms with Crippen molar-refractivity contribution in [3.63, 3.8) is 0 Å². The van der Waals surface area contributed by atoms with Crippen molar-refractivity contribution in [3.05, 3.63) is 58.3 Å². The number of thiophene rings is 1. The highest BCUT2D eigenvalue weighted by Gasteiger charge is 2.00. The minimum absolute atomic E-state index is 0.0871. The first kappa shape index (κ1) is 14.6. The average molecular weight is 288 g/mol. The molecule has 2 rings (SSSR count). The fourth-order valence-electron chi connectivity index (χ4n) is 1.94. The van der Waals surface area contributed by atoms with Gasteiger partial charge in [0.15, 0.2) is 0 Å². The Morgan fingerprint density at radius 2 is 1.85 bits per heavy atom. The smallest absolute Gasteiger partial charge is 0.315 e. The second kappa shape index (κ2) is 8.38. The zero-order chi connectivity index (χ0) is 14.0. The van der Waals surface area contributed by atoms with Gasteiger partial charge in [0.2, 0.25) is 0 Å². The molecule has 0 atom stereocenters. The van der Waals surface area contributed by atoms with Gasteiger partial charge in [-0.05, 0) is 47.2 Å². The lowest BCUT2D eigenvalue weighted by Gasteiger charge is -2.07. The molecule has 2 amide bonds. The number of aryl methyl sites for hydroxylation is 1. The molecule has 1 aromatic carbocycles. The summed E-state index contributed by atoms with van der Waals surface area (Å²) in [5.41, 5.74) is 2.50. The Hall–Kier alpha value is -1.81. The Balaban J connectivity index is 1.51. The first-order valence-corrected chi connectivity index (χ1v) is 7.85. The fraction of sp³-hybridized carbons (Fsp3) is 0.312. The van der Waals surface area contributed by atoms with E-state index in [2.05, 4.69) is 34.9 Å². The van der Waals surface area contributed by atoms with Gasteiger partial charge in [0.05, 0.1) is 0 Å². The van der Waals surface area contributed by atoms with Crippen LogP contribution >= 0.6 is 11.3 Å². The molecular weight excluding hydrogens is 268 g/mol. The van der Waals surface area contributed by atoms with Crippen molar-refractivity contribution < 1.29 is 4.79 Å². The molecule has 2 N–H and O–H groups in total. The molecule has 0 bridgehead atoms. The third-order valence-electron chi connectivity index (χ3n) is 3.05. The van der Waals surface area contributed by atoms with Gasteiger partial charge in [-0.2, -0.15) is 11.3 Å². The number of nitrogens with one attached hydrogen (secondary N) is 2. The molecule has 2 aromatic rings. The van der Waals surface area contributed by atoms with E-state index in [1.807, 2.05) is 22.9 Å². The zero-order valence-electron chi connectivity index (χ0n) is 11.5. The molecule has 1 heterocycles. The second-order valence-electron chi connectivity index (χ2n) is 4.68. The summed E-state index contributed by atoms with van der Waals surface area (Å²) in [6.45, 7) is 1.32. The molecule has 0 aliphatic heterocycles. The van der Waals surface area contributed by atoms with Gasteiger partial charge in [0.1, 0.15) is 0 Å². The molecule has 20 heavy (non-hydrogen) atoms. The number of carbonyl (C=O) groups excluding carboxylic acids is 1. The van der Waals surface area contributed by atoms with Gasteiger partial charge in [0, 0.05) is 13.1 Å². The third kappa shape index (κ3) is 5.45. The summed E-state index contributed by atoms with van der Waals surface area (Å²) >= 11 is 1.64. The summed E-state index contributed by atoms with van der Waals surface area (Å²) in [7, 11) is 0. The van der Waals surface area contributed by atoms with Crippen molar-refractivity contribution in [3.8, 4) is 0 Å². The molecule has 0 saturated carbocycles. The van der Waals surface area contributed by atoms with E-state index in [1.165, 1.54) is 5.56 Å². The van der Waals surface area contributed by atoms with Crippen LogP contribution in [-0.4, -0.2) is 12.6 Å². The average Bonchev–Trinajstić information content (AvgIpc) is 2.99. The Morgan fingerprint density at radius 1 is 1.00 bits per heavy atom. The van der Waals surface area contributed by atoms with E-state index in [-0.39, 0.29) is 6.03 Å². The lowest BCUT2D eigenvalue weighted by molar-refractivity contribution is 0.240. The molecule has 0 unspecified atom stereocenters. The summed E-state index contributed by atoms with van der Waals surface area (Å²) in [5.74, 6) is 0. The highest BCUT2D eigenvalue weighted by molar-refractivity contribution is 7.07. The highest BCUT2D eigenvalue weighted by atomic mass is 32.1.